The Morgan fingerprint density at radius 3 is 2.43 bits per heavy atom. The Morgan fingerprint density at radius 1 is 1.20 bits per heavy atom. The Hall–Kier alpha value is -1.11. The number of aliphatic imine (C=N–C) groups is 1. The van der Waals surface area contributed by atoms with Gasteiger partial charge in [0.25, 0.3) is 0 Å². The maximum absolute atomic E-state index is 12.6. The molecule has 0 spiro atoms. The predicted molar refractivity (Wildman–Crippen MR) is 131 cm³/mol. The molecule has 0 atom stereocenters. The van der Waals surface area contributed by atoms with Crippen LogP contribution in [0.5, 0.6) is 0 Å². The highest BCUT2D eigenvalue weighted by Gasteiger charge is 2.42. The maximum Gasteiger partial charge on any atom is 0.240 e. The Morgan fingerprint density at radius 2 is 1.87 bits per heavy atom. The summed E-state index contributed by atoms with van der Waals surface area (Å²) < 4.78 is 27.1. The molecule has 0 aromatic heterocycles. The minimum Gasteiger partial charge on any atom is -0.355 e. The topological polar surface area (TPSA) is 103 Å². The van der Waals surface area contributed by atoms with Crippen LogP contribution < -0.4 is 15.4 Å². The van der Waals surface area contributed by atoms with Crippen LogP contribution in [0.2, 0.25) is 5.02 Å². The summed E-state index contributed by atoms with van der Waals surface area (Å²) >= 11 is 5.86. The minimum absolute atomic E-state index is 0. The number of benzene rings is 1. The van der Waals surface area contributed by atoms with E-state index >= 15 is 0 Å². The average Bonchev–Trinajstić information content (AvgIpc) is 3.16. The van der Waals surface area contributed by atoms with Crippen LogP contribution in [0.15, 0.2) is 34.2 Å². The lowest BCUT2D eigenvalue weighted by Crippen LogP contribution is -2.50. The molecule has 1 saturated carbocycles. The van der Waals surface area contributed by atoms with Crippen LogP contribution in [0.3, 0.4) is 0 Å². The first kappa shape index (κ1) is 26.9. The number of carbonyl (C=O) groups is 1. The zero-order valence-corrected chi connectivity index (χ0v) is 21.5. The van der Waals surface area contributed by atoms with Gasteiger partial charge in [-0.1, -0.05) is 30.5 Å². The maximum atomic E-state index is 12.6. The van der Waals surface area contributed by atoms with E-state index in [0.717, 1.165) is 25.7 Å². The molecule has 30 heavy (non-hydrogen) atoms. The third-order valence-electron chi connectivity index (χ3n) is 5.05. The molecule has 1 fully saturated rings. The molecule has 1 amide bonds. The number of amides is 1. The molecular formula is C19H31ClIN5O3S. The monoisotopic (exact) mass is 571 g/mol. The number of guanidine groups is 1. The van der Waals surface area contributed by atoms with Crippen molar-refractivity contribution >= 4 is 57.5 Å². The summed E-state index contributed by atoms with van der Waals surface area (Å²) in [4.78, 5) is 18.6. The van der Waals surface area contributed by atoms with Gasteiger partial charge in [0, 0.05) is 45.8 Å². The Kier molecular flexibility index (Phi) is 10.8. The molecule has 0 bridgehead atoms. The fraction of sp³-hybridized carbons (Fsp3) is 0.579. The van der Waals surface area contributed by atoms with Crippen LogP contribution in [0.4, 0.5) is 0 Å². The van der Waals surface area contributed by atoms with Gasteiger partial charge in [-0.3, -0.25) is 9.79 Å². The lowest BCUT2D eigenvalue weighted by atomic mass is 9.84. The first-order chi connectivity index (χ1) is 13.7. The van der Waals surface area contributed by atoms with Crippen molar-refractivity contribution in [1.82, 2.24) is 20.3 Å². The van der Waals surface area contributed by atoms with E-state index in [-0.39, 0.29) is 41.3 Å². The van der Waals surface area contributed by atoms with Crippen molar-refractivity contribution in [3.05, 3.63) is 29.3 Å². The van der Waals surface area contributed by atoms with Gasteiger partial charge in [-0.2, -0.15) is 0 Å². The van der Waals surface area contributed by atoms with E-state index in [4.69, 9.17) is 11.6 Å². The summed E-state index contributed by atoms with van der Waals surface area (Å²) in [6, 6.07) is 6.11. The van der Waals surface area contributed by atoms with Gasteiger partial charge in [-0.15, -0.1) is 24.0 Å². The highest BCUT2D eigenvalue weighted by atomic mass is 127. The fourth-order valence-corrected chi connectivity index (χ4v) is 4.88. The number of rotatable bonds is 8. The van der Waals surface area contributed by atoms with E-state index in [9.17, 15) is 13.2 Å². The van der Waals surface area contributed by atoms with Gasteiger partial charge < -0.3 is 15.5 Å². The van der Waals surface area contributed by atoms with Gasteiger partial charge in [-0.25, -0.2) is 13.1 Å². The number of halogens is 2. The Bertz CT molecular complexity index is 842. The number of nitrogens with one attached hydrogen (secondary N) is 3. The molecule has 3 N–H and O–H groups in total. The number of hydrogen-bond acceptors (Lipinski definition) is 4. The minimum atomic E-state index is -3.63. The first-order valence-corrected chi connectivity index (χ1v) is 11.5. The molecule has 1 aromatic carbocycles. The molecule has 170 valence electrons. The highest BCUT2D eigenvalue weighted by Crippen LogP contribution is 2.38. The molecular weight excluding hydrogens is 541 g/mol. The second-order valence-corrected chi connectivity index (χ2v) is 9.60. The lowest BCUT2D eigenvalue weighted by Gasteiger charge is -2.31. The van der Waals surface area contributed by atoms with Crippen LogP contribution in [0.1, 0.15) is 25.7 Å². The fourth-order valence-electron chi connectivity index (χ4n) is 3.55. The van der Waals surface area contributed by atoms with Crippen molar-refractivity contribution in [2.75, 3.05) is 40.8 Å². The van der Waals surface area contributed by atoms with Gasteiger partial charge in [0.15, 0.2) is 5.96 Å². The van der Waals surface area contributed by atoms with E-state index in [1.165, 1.54) is 12.1 Å². The van der Waals surface area contributed by atoms with Crippen molar-refractivity contribution in [2.24, 2.45) is 10.4 Å². The molecule has 0 heterocycles. The summed E-state index contributed by atoms with van der Waals surface area (Å²) in [5.74, 6) is 0.664. The first-order valence-electron chi connectivity index (χ1n) is 9.62. The molecule has 1 aromatic rings. The number of nitrogens with zero attached hydrogens (tertiary/aromatic N) is 2. The Balaban J connectivity index is 0.00000450. The van der Waals surface area contributed by atoms with Crippen molar-refractivity contribution in [3.63, 3.8) is 0 Å². The van der Waals surface area contributed by atoms with Gasteiger partial charge >= 0.3 is 0 Å². The zero-order chi connectivity index (χ0) is 21.5. The normalized spacial score (nSPS) is 15.9. The van der Waals surface area contributed by atoms with Crippen LogP contribution >= 0.6 is 35.6 Å². The summed E-state index contributed by atoms with van der Waals surface area (Å²) in [5.41, 5.74) is -0.407. The quantitative estimate of drug-likeness (QED) is 0.192. The Labute approximate surface area is 201 Å². The summed E-state index contributed by atoms with van der Waals surface area (Å²) in [6.45, 7) is 1.02. The zero-order valence-electron chi connectivity index (χ0n) is 17.6. The van der Waals surface area contributed by atoms with Crippen LogP contribution in [-0.2, 0) is 14.8 Å². The summed E-state index contributed by atoms with van der Waals surface area (Å²) in [7, 11) is 1.57. The molecule has 2 rings (SSSR count). The van der Waals surface area contributed by atoms with Crippen LogP contribution in [-0.4, -0.2) is 66.0 Å². The molecule has 11 heteroatoms. The van der Waals surface area contributed by atoms with Gasteiger partial charge in [0.1, 0.15) is 0 Å². The molecule has 0 aliphatic heterocycles. The van der Waals surface area contributed by atoms with Gasteiger partial charge in [-0.05, 0) is 31.0 Å². The lowest BCUT2D eigenvalue weighted by molar-refractivity contribution is -0.138. The SMILES string of the molecule is CN=C(NCCNS(=O)(=O)c1cccc(Cl)c1)NCC1(C(=O)N(C)C)CCCC1.I. The molecule has 1 aliphatic rings. The molecule has 1 aliphatic carbocycles. The van der Waals surface area contributed by atoms with Crippen molar-refractivity contribution in [3.8, 4) is 0 Å². The van der Waals surface area contributed by atoms with Crippen molar-refractivity contribution < 1.29 is 13.2 Å². The third-order valence-corrected chi connectivity index (χ3v) is 6.75. The van der Waals surface area contributed by atoms with E-state index in [1.807, 2.05) is 0 Å². The highest BCUT2D eigenvalue weighted by molar-refractivity contribution is 14.0. The van der Waals surface area contributed by atoms with Crippen LogP contribution in [0, 0.1) is 5.41 Å². The third kappa shape index (κ3) is 7.24. The number of sulfonamides is 1. The number of carbonyl (C=O) groups excluding carboxylic acids is 1. The van der Waals surface area contributed by atoms with E-state index in [1.54, 1.807) is 38.2 Å². The molecule has 0 saturated heterocycles. The average molecular weight is 572 g/mol. The number of hydrogen-bond donors (Lipinski definition) is 3. The summed E-state index contributed by atoms with van der Waals surface area (Å²) in [5, 5.41) is 6.66. The summed E-state index contributed by atoms with van der Waals surface area (Å²) in [6.07, 6.45) is 3.79. The second kappa shape index (κ2) is 12.1. The molecule has 0 radical (unpaired) electrons. The largest absolute Gasteiger partial charge is 0.355 e. The van der Waals surface area contributed by atoms with Gasteiger partial charge in [0.05, 0.1) is 10.3 Å². The van der Waals surface area contributed by atoms with Crippen molar-refractivity contribution in [1.29, 1.82) is 0 Å². The smallest absolute Gasteiger partial charge is 0.240 e. The van der Waals surface area contributed by atoms with E-state index in [2.05, 4.69) is 20.3 Å². The molecule has 0 unspecified atom stereocenters. The van der Waals surface area contributed by atoms with Crippen LogP contribution in [0.25, 0.3) is 0 Å². The second-order valence-electron chi connectivity index (χ2n) is 7.39. The molecule has 8 nitrogen and oxygen atoms in total. The van der Waals surface area contributed by atoms with Gasteiger partial charge in [0.2, 0.25) is 15.9 Å². The van der Waals surface area contributed by atoms with Crippen molar-refractivity contribution in [2.45, 2.75) is 30.6 Å². The van der Waals surface area contributed by atoms with E-state index < -0.39 is 15.4 Å². The standard InChI is InChI=1S/C19H30ClN5O3S.HI/c1-21-18(23-14-19(9-4-5-10-19)17(26)25(2)3)22-11-12-24-29(27,28)16-8-6-7-15(20)13-16;/h6-8,13,24H,4-5,9-12,14H2,1-3H3,(H2,21,22,23);1H. The van der Waals surface area contributed by atoms with E-state index in [0.29, 0.717) is 24.1 Å². The predicted octanol–water partition coefficient (Wildman–Crippen LogP) is 2.05.